The number of hydrogen-bond donors (Lipinski definition) is 1. The molecule has 114 valence electrons. The first-order valence-corrected chi connectivity index (χ1v) is 8.05. The van der Waals surface area contributed by atoms with Crippen LogP contribution < -0.4 is 5.32 Å². The molecule has 0 unspecified atom stereocenters. The predicted molar refractivity (Wildman–Crippen MR) is 76.9 cm³/mol. The molecule has 0 saturated heterocycles. The van der Waals surface area contributed by atoms with Gasteiger partial charge in [-0.25, -0.2) is 8.42 Å². The maximum atomic E-state index is 12.0. The summed E-state index contributed by atoms with van der Waals surface area (Å²) in [6.07, 6.45) is 4.95. The van der Waals surface area contributed by atoms with Crippen molar-refractivity contribution in [1.82, 2.24) is 9.62 Å². The minimum Gasteiger partial charge on any atom is -0.455 e. The van der Waals surface area contributed by atoms with Gasteiger partial charge < -0.3 is 10.1 Å². The van der Waals surface area contributed by atoms with Crippen LogP contribution in [0.1, 0.15) is 0 Å². The highest BCUT2D eigenvalue weighted by atomic mass is 32.2. The van der Waals surface area contributed by atoms with E-state index in [1.165, 1.54) is 13.1 Å². The maximum Gasteiger partial charge on any atom is 0.321 e. The summed E-state index contributed by atoms with van der Waals surface area (Å²) in [7, 11) is -2.46. The van der Waals surface area contributed by atoms with E-state index in [-0.39, 0.29) is 10.8 Å². The highest BCUT2D eigenvalue weighted by Gasteiger charge is 2.24. The number of sulfonamides is 1. The van der Waals surface area contributed by atoms with Crippen LogP contribution in [0.4, 0.5) is 0 Å². The molecule has 0 aliphatic rings. The Morgan fingerprint density at radius 2 is 2.24 bits per heavy atom. The van der Waals surface area contributed by atoms with Gasteiger partial charge in [0.25, 0.3) is 15.9 Å². The molecule has 0 bridgehead atoms. The first-order valence-electron chi connectivity index (χ1n) is 5.73. The second kappa shape index (κ2) is 7.78. The molecule has 21 heavy (non-hydrogen) atoms. The van der Waals surface area contributed by atoms with Crippen molar-refractivity contribution in [2.45, 2.75) is 4.21 Å². The highest BCUT2D eigenvalue weighted by Crippen LogP contribution is 2.19. The summed E-state index contributed by atoms with van der Waals surface area (Å²) in [5.41, 5.74) is 0. The van der Waals surface area contributed by atoms with Crippen LogP contribution in [0, 0.1) is 12.3 Å². The summed E-state index contributed by atoms with van der Waals surface area (Å²) in [6, 6.07) is 3.04. The third kappa shape index (κ3) is 5.18. The predicted octanol–water partition coefficient (Wildman–Crippen LogP) is -0.339. The molecule has 0 radical (unpaired) electrons. The Morgan fingerprint density at radius 3 is 2.81 bits per heavy atom. The Morgan fingerprint density at radius 1 is 1.52 bits per heavy atom. The van der Waals surface area contributed by atoms with Crippen molar-refractivity contribution in [3.63, 3.8) is 0 Å². The van der Waals surface area contributed by atoms with Crippen LogP contribution in [0.15, 0.2) is 21.7 Å². The molecule has 0 fully saturated rings. The van der Waals surface area contributed by atoms with Crippen LogP contribution in [0.3, 0.4) is 0 Å². The zero-order chi connectivity index (χ0) is 15.9. The van der Waals surface area contributed by atoms with E-state index < -0.39 is 35.1 Å². The molecule has 0 aromatic carbocycles. The molecule has 9 heteroatoms. The van der Waals surface area contributed by atoms with Crippen molar-refractivity contribution >= 4 is 33.2 Å². The number of amides is 1. The lowest BCUT2D eigenvalue weighted by molar-refractivity contribution is -0.148. The zero-order valence-corrected chi connectivity index (χ0v) is 12.9. The largest absolute Gasteiger partial charge is 0.455 e. The van der Waals surface area contributed by atoms with E-state index in [0.717, 1.165) is 15.6 Å². The third-order valence-electron chi connectivity index (χ3n) is 2.26. The quantitative estimate of drug-likeness (QED) is 0.545. The van der Waals surface area contributed by atoms with Gasteiger partial charge in [0.2, 0.25) is 0 Å². The Bertz CT molecular complexity index is 631. The molecule has 1 amide bonds. The van der Waals surface area contributed by atoms with Gasteiger partial charge in [-0.15, -0.1) is 17.8 Å². The van der Waals surface area contributed by atoms with Crippen LogP contribution in [-0.4, -0.2) is 51.3 Å². The number of esters is 1. The van der Waals surface area contributed by atoms with Crippen LogP contribution in [0.25, 0.3) is 0 Å². The van der Waals surface area contributed by atoms with Gasteiger partial charge in [-0.05, 0) is 11.4 Å². The number of thiophene rings is 1. The number of likely N-dealkylation sites (N-methyl/N-ethyl adjacent to an activating group) is 1. The number of terminal acetylenes is 1. The van der Waals surface area contributed by atoms with Crippen molar-refractivity contribution in [1.29, 1.82) is 0 Å². The molecule has 1 N–H and O–H groups in total. The summed E-state index contributed by atoms with van der Waals surface area (Å²) in [5.74, 6) is 0.819. The van der Waals surface area contributed by atoms with Gasteiger partial charge in [0.15, 0.2) is 6.61 Å². The molecule has 0 spiro atoms. The van der Waals surface area contributed by atoms with Gasteiger partial charge >= 0.3 is 5.97 Å². The molecule has 1 heterocycles. The molecule has 0 aliphatic heterocycles. The van der Waals surface area contributed by atoms with E-state index in [9.17, 15) is 18.0 Å². The number of carbonyl (C=O) groups is 2. The van der Waals surface area contributed by atoms with Gasteiger partial charge in [-0.1, -0.05) is 12.0 Å². The molecule has 0 atom stereocenters. The summed E-state index contributed by atoms with van der Waals surface area (Å²) in [4.78, 5) is 22.7. The number of carbonyl (C=O) groups excluding carboxylic acids is 2. The minimum atomic E-state index is -3.72. The van der Waals surface area contributed by atoms with Crippen LogP contribution in [0.5, 0.6) is 0 Å². The summed E-state index contributed by atoms with van der Waals surface area (Å²) in [5, 5.41) is 3.93. The van der Waals surface area contributed by atoms with Crippen molar-refractivity contribution in [3.05, 3.63) is 17.5 Å². The third-order valence-corrected chi connectivity index (χ3v) is 5.44. The maximum absolute atomic E-state index is 12.0. The fourth-order valence-electron chi connectivity index (χ4n) is 1.22. The lowest BCUT2D eigenvalue weighted by atomic mass is 10.5. The monoisotopic (exact) mass is 330 g/mol. The standard InChI is InChI=1S/C12H14N2O5S2/c1-3-6-13-10(15)9-19-11(16)8-14(2)21(17,18)12-5-4-7-20-12/h1,4-5,7H,6,8-9H2,2H3,(H,13,15). The van der Waals surface area contributed by atoms with Crippen molar-refractivity contribution in [2.24, 2.45) is 0 Å². The van der Waals surface area contributed by atoms with Gasteiger partial charge in [-0.2, -0.15) is 4.31 Å². The first-order chi connectivity index (χ1) is 9.87. The van der Waals surface area contributed by atoms with Crippen LogP contribution in [-0.2, 0) is 24.3 Å². The summed E-state index contributed by atoms with van der Waals surface area (Å²) >= 11 is 1.05. The van der Waals surface area contributed by atoms with Gasteiger partial charge in [-0.3, -0.25) is 9.59 Å². The van der Waals surface area contributed by atoms with Gasteiger partial charge in [0.1, 0.15) is 10.8 Å². The highest BCUT2D eigenvalue weighted by molar-refractivity contribution is 7.91. The van der Waals surface area contributed by atoms with Crippen LogP contribution >= 0.6 is 11.3 Å². The average Bonchev–Trinajstić information content (AvgIpc) is 2.97. The molecule has 7 nitrogen and oxygen atoms in total. The second-order valence-electron chi connectivity index (χ2n) is 3.83. The molecule has 1 rings (SSSR count). The number of hydrogen-bond acceptors (Lipinski definition) is 6. The SMILES string of the molecule is C#CCNC(=O)COC(=O)CN(C)S(=O)(=O)c1cccs1. The molecular weight excluding hydrogens is 316 g/mol. The molecule has 1 aromatic rings. The van der Waals surface area contributed by atoms with Gasteiger partial charge in [0.05, 0.1) is 6.54 Å². The zero-order valence-electron chi connectivity index (χ0n) is 11.2. The first kappa shape index (κ1) is 17.2. The Hall–Kier alpha value is -1.89. The van der Waals surface area contributed by atoms with Crippen LogP contribution in [0.2, 0.25) is 0 Å². The van der Waals surface area contributed by atoms with E-state index in [4.69, 9.17) is 6.42 Å². The smallest absolute Gasteiger partial charge is 0.321 e. The minimum absolute atomic E-state index is 0.0308. The molecule has 0 aliphatic carbocycles. The fraction of sp³-hybridized carbons (Fsp3) is 0.333. The molecular formula is C12H14N2O5S2. The number of nitrogens with one attached hydrogen (secondary N) is 1. The number of ether oxygens (including phenoxy) is 1. The average molecular weight is 330 g/mol. The van der Waals surface area contributed by atoms with Crippen molar-refractivity contribution in [2.75, 3.05) is 26.7 Å². The van der Waals surface area contributed by atoms with Crippen molar-refractivity contribution in [3.8, 4) is 12.3 Å². The number of rotatable bonds is 7. The molecule has 1 aromatic heterocycles. The topological polar surface area (TPSA) is 92.8 Å². The lowest BCUT2D eigenvalue weighted by Crippen LogP contribution is -2.35. The second-order valence-corrected chi connectivity index (χ2v) is 7.05. The van der Waals surface area contributed by atoms with E-state index in [0.29, 0.717) is 0 Å². The van der Waals surface area contributed by atoms with E-state index in [1.54, 1.807) is 11.4 Å². The number of nitrogens with zero attached hydrogens (tertiary/aromatic N) is 1. The van der Waals surface area contributed by atoms with E-state index in [2.05, 4.69) is 16.0 Å². The Kier molecular flexibility index (Phi) is 6.36. The Labute approximate surface area is 126 Å². The van der Waals surface area contributed by atoms with E-state index in [1.807, 2.05) is 0 Å². The van der Waals surface area contributed by atoms with Crippen molar-refractivity contribution < 1.29 is 22.7 Å². The van der Waals surface area contributed by atoms with E-state index >= 15 is 0 Å². The summed E-state index contributed by atoms with van der Waals surface area (Å²) < 4.78 is 29.7. The Balaban J connectivity index is 2.48. The molecule has 0 saturated carbocycles. The lowest BCUT2D eigenvalue weighted by Gasteiger charge is -2.15. The van der Waals surface area contributed by atoms with Gasteiger partial charge in [0, 0.05) is 7.05 Å². The summed E-state index contributed by atoms with van der Waals surface area (Å²) in [6.45, 7) is -0.959. The normalized spacial score (nSPS) is 10.9. The fourth-order valence-corrected chi connectivity index (χ4v) is 3.54.